The first kappa shape index (κ1) is 20.2. The summed E-state index contributed by atoms with van der Waals surface area (Å²) in [4.78, 5) is 0. The first-order chi connectivity index (χ1) is 11.7. The predicted molar refractivity (Wildman–Crippen MR) is 104 cm³/mol. The van der Waals surface area contributed by atoms with Crippen LogP contribution in [0.15, 0.2) is 64.0 Å². The van der Waals surface area contributed by atoms with E-state index >= 15 is 0 Å². The van der Waals surface area contributed by atoms with Crippen molar-refractivity contribution < 1.29 is 22.8 Å². The van der Waals surface area contributed by atoms with E-state index in [9.17, 15) is 5.11 Å². The van der Waals surface area contributed by atoms with Crippen LogP contribution in [-0.4, -0.2) is 18.2 Å². The number of aliphatic hydroxyl groups excluding tert-OH is 1. The summed E-state index contributed by atoms with van der Waals surface area (Å²) in [5.74, 6) is 0. The lowest BCUT2D eigenvalue weighted by molar-refractivity contribution is -0.653. The van der Waals surface area contributed by atoms with Crippen LogP contribution in [0.4, 0.5) is 0 Å². The Morgan fingerprint density at radius 3 is 2.16 bits per heavy atom. The lowest BCUT2D eigenvalue weighted by Crippen LogP contribution is -3.00. The van der Waals surface area contributed by atoms with Crippen molar-refractivity contribution in [3.63, 3.8) is 0 Å². The zero-order valence-electron chi connectivity index (χ0n) is 13.4. The number of hydrogen-bond donors (Lipinski definition) is 2. The minimum absolute atomic E-state index is 0. The molecule has 0 amide bonds. The molecular weight excluding hydrogens is 393 g/mol. The van der Waals surface area contributed by atoms with Crippen molar-refractivity contribution >= 4 is 39.8 Å². The molecule has 2 aromatic heterocycles. The van der Waals surface area contributed by atoms with Gasteiger partial charge in [0.15, 0.2) is 0 Å². The highest BCUT2D eigenvalue weighted by Crippen LogP contribution is 2.26. The molecule has 0 saturated carbocycles. The van der Waals surface area contributed by atoms with Crippen molar-refractivity contribution in [3.8, 4) is 0 Å². The smallest absolute Gasteiger partial charge is 0.128 e. The Morgan fingerprint density at radius 2 is 1.64 bits per heavy atom. The molecule has 0 spiro atoms. The van der Waals surface area contributed by atoms with Gasteiger partial charge in [-0.25, -0.2) is 0 Å². The van der Waals surface area contributed by atoms with Crippen LogP contribution >= 0.6 is 34.3 Å². The molecule has 25 heavy (non-hydrogen) atoms. The highest BCUT2D eigenvalue weighted by atomic mass is 35.5. The number of aliphatic hydroxyl groups is 1. The highest BCUT2D eigenvalue weighted by Gasteiger charge is 2.10. The molecule has 0 bridgehead atoms. The third kappa shape index (κ3) is 5.68. The zero-order valence-corrected chi connectivity index (χ0v) is 16.6. The molecule has 3 N–H and O–H groups in total. The molecule has 3 rings (SSSR count). The summed E-state index contributed by atoms with van der Waals surface area (Å²) in [6.45, 7) is 1.45. The van der Waals surface area contributed by atoms with Gasteiger partial charge in [0.1, 0.15) is 12.6 Å². The number of rotatable bonds is 7. The fourth-order valence-corrected chi connectivity index (χ4v) is 3.95. The molecule has 0 radical (unpaired) electrons. The predicted octanol–water partition coefficient (Wildman–Crippen LogP) is 1.20. The molecule has 0 aliphatic carbocycles. The van der Waals surface area contributed by atoms with Crippen LogP contribution in [-0.2, 0) is 0 Å². The standard InChI is InChI=1S/C19H18ClNOS2.ClH/c20-17-3-1-14(2-4-17)19(22)11-21-8-5-18(15-6-9-23-12-15)16-7-10-24-13-16;/h1-7,9-10,12-13,19,21-22H,8,11H2;1H. The van der Waals surface area contributed by atoms with Crippen LogP contribution in [0.1, 0.15) is 22.8 Å². The number of benzene rings is 1. The quantitative estimate of drug-likeness (QED) is 0.563. The van der Waals surface area contributed by atoms with Gasteiger partial charge in [0, 0.05) is 5.02 Å². The van der Waals surface area contributed by atoms with Crippen LogP contribution < -0.4 is 17.7 Å². The van der Waals surface area contributed by atoms with E-state index in [1.807, 2.05) is 24.3 Å². The van der Waals surface area contributed by atoms with Crippen LogP contribution in [0.3, 0.4) is 0 Å². The molecule has 1 aromatic carbocycles. The molecule has 0 aliphatic heterocycles. The molecule has 0 fully saturated rings. The molecule has 0 aliphatic rings. The van der Waals surface area contributed by atoms with Gasteiger partial charge < -0.3 is 22.8 Å². The monoisotopic (exact) mass is 411 g/mol. The molecule has 2 nitrogen and oxygen atoms in total. The Hall–Kier alpha value is -1.14. The second-order valence-electron chi connectivity index (χ2n) is 5.47. The first-order valence-corrected chi connectivity index (χ1v) is 10.0. The lowest BCUT2D eigenvalue weighted by Gasteiger charge is -2.09. The van der Waals surface area contributed by atoms with Gasteiger partial charge in [0.05, 0.1) is 6.54 Å². The summed E-state index contributed by atoms with van der Waals surface area (Å²) < 4.78 is 0. The fraction of sp³-hybridized carbons (Fsp3) is 0.158. The molecule has 1 unspecified atom stereocenters. The molecule has 2 heterocycles. The van der Waals surface area contributed by atoms with Gasteiger partial charge in [0.2, 0.25) is 0 Å². The van der Waals surface area contributed by atoms with Gasteiger partial charge in [-0.15, -0.1) is 0 Å². The Balaban J connectivity index is 0.00000225. The number of thiophene rings is 2. The summed E-state index contributed by atoms with van der Waals surface area (Å²) in [5.41, 5.74) is 4.67. The minimum atomic E-state index is -0.485. The molecular formula is C19H19Cl2NOS2. The number of quaternary nitrogens is 1. The van der Waals surface area contributed by atoms with Gasteiger partial charge in [-0.2, -0.15) is 22.7 Å². The van der Waals surface area contributed by atoms with Crippen molar-refractivity contribution in [2.45, 2.75) is 6.10 Å². The Bertz CT molecular complexity index is 732. The third-order valence-corrected chi connectivity index (χ3v) is 5.42. The van der Waals surface area contributed by atoms with E-state index in [0.29, 0.717) is 11.6 Å². The second kappa shape index (κ2) is 10.1. The van der Waals surface area contributed by atoms with Gasteiger partial charge in [-0.1, -0.05) is 23.7 Å². The lowest BCUT2D eigenvalue weighted by atomic mass is 10.0. The first-order valence-electron chi connectivity index (χ1n) is 7.74. The van der Waals surface area contributed by atoms with Crippen LogP contribution in [0.2, 0.25) is 5.02 Å². The summed E-state index contributed by atoms with van der Waals surface area (Å²) in [6, 6.07) is 11.7. The van der Waals surface area contributed by atoms with Crippen molar-refractivity contribution in [2.24, 2.45) is 0 Å². The largest absolute Gasteiger partial charge is 1.00 e. The number of nitrogens with two attached hydrogens (primary N) is 1. The summed E-state index contributed by atoms with van der Waals surface area (Å²) >= 11 is 9.30. The van der Waals surface area contributed by atoms with Crippen molar-refractivity contribution in [1.29, 1.82) is 0 Å². The van der Waals surface area contributed by atoms with Gasteiger partial charge in [0.25, 0.3) is 0 Å². The zero-order chi connectivity index (χ0) is 16.8. The van der Waals surface area contributed by atoms with Crippen molar-refractivity contribution in [1.82, 2.24) is 0 Å². The van der Waals surface area contributed by atoms with E-state index in [1.54, 1.807) is 22.7 Å². The maximum atomic E-state index is 10.3. The Kier molecular flexibility index (Phi) is 8.16. The molecule has 1 atom stereocenters. The van der Waals surface area contributed by atoms with E-state index < -0.39 is 6.10 Å². The highest BCUT2D eigenvalue weighted by molar-refractivity contribution is 7.08. The van der Waals surface area contributed by atoms with Crippen LogP contribution in [0, 0.1) is 0 Å². The van der Waals surface area contributed by atoms with Gasteiger partial charge in [-0.3, -0.25) is 0 Å². The fourth-order valence-electron chi connectivity index (χ4n) is 2.51. The summed E-state index contributed by atoms with van der Waals surface area (Å²) in [7, 11) is 0. The number of hydrogen-bond acceptors (Lipinski definition) is 3. The SMILES string of the molecule is OC(C[NH2+]CC=C(c1ccsc1)c1ccsc1)c1ccc(Cl)cc1.[Cl-]. The maximum absolute atomic E-state index is 10.3. The molecule has 3 aromatic rings. The van der Waals surface area contributed by atoms with E-state index in [4.69, 9.17) is 11.6 Å². The average Bonchev–Trinajstić information content (AvgIpc) is 3.29. The average molecular weight is 412 g/mol. The second-order valence-corrected chi connectivity index (χ2v) is 7.47. The summed E-state index contributed by atoms with van der Waals surface area (Å²) in [6.07, 6.45) is 1.75. The van der Waals surface area contributed by atoms with Crippen LogP contribution in [0.25, 0.3) is 5.57 Å². The van der Waals surface area contributed by atoms with Gasteiger partial charge >= 0.3 is 0 Å². The summed E-state index contributed by atoms with van der Waals surface area (Å²) in [5, 5.41) is 21.6. The number of halogens is 2. The van der Waals surface area contributed by atoms with Crippen molar-refractivity contribution in [3.05, 3.63) is 85.7 Å². The van der Waals surface area contributed by atoms with Crippen LogP contribution in [0.5, 0.6) is 0 Å². The van der Waals surface area contributed by atoms with Crippen molar-refractivity contribution in [2.75, 3.05) is 13.1 Å². The maximum Gasteiger partial charge on any atom is 0.128 e. The molecule has 132 valence electrons. The van der Waals surface area contributed by atoms with Gasteiger partial charge in [-0.05, 0) is 74.1 Å². The molecule has 6 heteroatoms. The van der Waals surface area contributed by atoms with E-state index in [0.717, 1.165) is 12.1 Å². The molecule has 0 saturated heterocycles. The third-order valence-electron chi connectivity index (χ3n) is 3.80. The van der Waals surface area contributed by atoms with E-state index in [-0.39, 0.29) is 12.4 Å². The Morgan fingerprint density at radius 1 is 1.04 bits per heavy atom. The van der Waals surface area contributed by atoms with E-state index in [2.05, 4.69) is 45.0 Å². The minimum Gasteiger partial charge on any atom is -1.00 e. The normalized spacial score (nSPS) is 11.6. The Labute approximate surface area is 167 Å². The topological polar surface area (TPSA) is 36.8 Å². The van der Waals surface area contributed by atoms with E-state index in [1.165, 1.54) is 16.7 Å².